The van der Waals surface area contributed by atoms with Gasteiger partial charge in [-0.25, -0.2) is 4.79 Å². The van der Waals surface area contributed by atoms with Crippen LogP contribution in [-0.2, 0) is 30.5 Å². The molecule has 0 spiro atoms. The van der Waals surface area contributed by atoms with Crippen LogP contribution < -0.4 is 32.3 Å². The number of nitrogens with one attached hydrogen (secondary N) is 5. The SMILES string of the molecule is CNCCN(C)C(=O)OCc1ccc(NC(=O)CNC(=O)C(NC(=O)CNC(=O)CN)C(C)C)cc1. The summed E-state index contributed by atoms with van der Waals surface area (Å²) in [4.78, 5) is 61.3. The molecular formula is C23H37N7O6. The molecule has 0 aromatic heterocycles. The molecule has 0 heterocycles. The average Bonchev–Trinajstić information content (AvgIpc) is 2.86. The zero-order valence-corrected chi connectivity index (χ0v) is 21.2. The molecule has 0 aliphatic rings. The van der Waals surface area contributed by atoms with Crippen molar-refractivity contribution in [3.63, 3.8) is 0 Å². The molecule has 1 rings (SSSR count). The highest BCUT2D eigenvalue weighted by Gasteiger charge is 2.24. The summed E-state index contributed by atoms with van der Waals surface area (Å²) in [7, 11) is 3.45. The number of carbonyl (C=O) groups excluding carboxylic acids is 5. The summed E-state index contributed by atoms with van der Waals surface area (Å²) < 4.78 is 5.24. The topological polar surface area (TPSA) is 184 Å². The highest BCUT2D eigenvalue weighted by atomic mass is 16.6. The molecule has 36 heavy (non-hydrogen) atoms. The number of amides is 5. The minimum Gasteiger partial charge on any atom is -0.445 e. The first-order valence-corrected chi connectivity index (χ1v) is 11.5. The maximum atomic E-state index is 12.5. The third-order valence-electron chi connectivity index (χ3n) is 4.93. The number of likely N-dealkylation sites (N-methyl/N-ethyl adjacent to an activating group) is 2. The Morgan fingerprint density at radius 3 is 2.19 bits per heavy atom. The molecule has 13 nitrogen and oxygen atoms in total. The molecule has 1 aromatic rings. The molecule has 0 aliphatic heterocycles. The van der Waals surface area contributed by atoms with Crippen molar-refractivity contribution in [2.75, 3.05) is 52.1 Å². The van der Waals surface area contributed by atoms with Gasteiger partial charge in [-0.05, 0) is 30.7 Å². The fourth-order valence-electron chi connectivity index (χ4n) is 2.80. The van der Waals surface area contributed by atoms with Crippen molar-refractivity contribution in [2.45, 2.75) is 26.5 Å². The molecule has 5 amide bonds. The van der Waals surface area contributed by atoms with Gasteiger partial charge in [0.25, 0.3) is 0 Å². The first-order valence-electron chi connectivity index (χ1n) is 11.5. The number of hydrogen-bond donors (Lipinski definition) is 6. The molecule has 0 saturated heterocycles. The fraction of sp³-hybridized carbons (Fsp3) is 0.522. The van der Waals surface area contributed by atoms with E-state index in [-0.39, 0.29) is 32.2 Å². The first kappa shape index (κ1) is 30.3. The number of rotatable bonds is 14. The molecule has 0 saturated carbocycles. The van der Waals surface area contributed by atoms with Crippen LogP contribution in [0, 0.1) is 5.92 Å². The zero-order valence-electron chi connectivity index (χ0n) is 21.2. The van der Waals surface area contributed by atoms with E-state index in [0.29, 0.717) is 18.8 Å². The van der Waals surface area contributed by atoms with E-state index in [1.807, 2.05) is 0 Å². The van der Waals surface area contributed by atoms with Gasteiger partial charge < -0.3 is 42.0 Å². The second kappa shape index (κ2) is 16.1. The van der Waals surface area contributed by atoms with E-state index in [1.165, 1.54) is 4.90 Å². The van der Waals surface area contributed by atoms with Crippen LogP contribution in [0.4, 0.5) is 10.5 Å². The van der Waals surface area contributed by atoms with Gasteiger partial charge in [0.05, 0.1) is 19.6 Å². The molecule has 0 bridgehead atoms. The van der Waals surface area contributed by atoms with Gasteiger partial charge in [0.15, 0.2) is 0 Å². The lowest BCUT2D eigenvalue weighted by molar-refractivity contribution is -0.131. The molecule has 200 valence electrons. The van der Waals surface area contributed by atoms with Gasteiger partial charge in [-0.1, -0.05) is 26.0 Å². The molecule has 7 N–H and O–H groups in total. The number of anilines is 1. The monoisotopic (exact) mass is 507 g/mol. The summed E-state index contributed by atoms with van der Waals surface area (Å²) in [6, 6.07) is 5.84. The van der Waals surface area contributed by atoms with Crippen molar-refractivity contribution in [2.24, 2.45) is 11.7 Å². The predicted molar refractivity (Wildman–Crippen MR) is 134 cm³/mol. The summed E-state index contributed by atoms with van der Waals surface area (Å²) in [6.07, 6.45) is -0.436. The lowest BCUT2D eigenvalue weighted by Gasteiger charge is -2.21. The van der Waals surface area contributed by atoms with Crippen molar-refractivity contribution < 1.29 is 28.7 Å². The van der Waals surface area contributed by atoms with Gasteiger partial charge in [-0.3, -0.25) is 19.2 Å². The minimum absolute atomic E-state index is 0.0885. The molecule has 1 unspecified atom stereocenters. The number of nitrogens with zero attached hydrogens (tertiary/aromatic N) is 1. The summed E-state index contributed by atoms with van der Waals surface area (Å²) in [6.45, 7) is 3.88. The Bertz CT molecular complexity index is 891. The Morgan fingerprint density at radius 1 is 0.972 bits per heavy atom. The Balaban J connectivity index is 2.48. The van der Waals surface area contributed by atoms with E-state index in [2.05, 4.69) is 26.6 Å². The number of ether oxygens (including phenoxy) is 1. The molecule has 13 heteroatoms. The van der Waals surface area contributed by atoms with Crippen LogP contribution in [0.1, 0.15) is 19.4 Å². The van der Waals surface area contributed by atoms with Crippen molar-refractivity contribution in [1.82, 2.24) is 26.2 Å². The van der Waals surface area contributed by atoms with Crippen LogP contribution in [0.25, 0.3) is 0 Å². The second-order valence-electron chi connectivity index (χ2n) is 8.31. The van der Waals surface area contributed by atoms with Gasteiger partial charge in [-0.2, -0.15) is 0 Å². The smallest absolute Gasteiger partial charge is 0.409 e. The zero-order chi connectivity index (χ0) is 27.1. The van der Waals surface area contributed by atoms with Crippen LogP contribution >= 0.6 is 0 Å². The maximum absolute atomic E-state index is 12.5. The van der Waals surface area contributed by atoms with E-state index >= 15 is 0 Å². The van der Waals surface area contributed by atoms with Gasteiger partial charge >= 0.3 is 6.09 Å². The lowest BCUT2D eigenvalue weighted by Crippen LogP contribution is -2.53. The van der Waals surface area contributed by atoms with Gasteiger partial charge in [0, 0.05) is 25.8 Å². The van der Waals surface area contributed by atoms with Crippen LogP contribution in [0.15, 0.2) is 24.3 Å². The fourth-order valence-corrected chi connectivity index (χ4v) is 2.80. The molecule has 1 aromatic carbocycles. The van der Waals surface area contributed by atoms with E-state index in [4.69, 9.17) is 10.5 Å². The highest BCUT2D eigenvalue weighted by Crippen LogP contribution is 2.11. The average molecular weight is 508 g/mol. The van der Waals surface area contributed by atoms with E-state index in [9.17, 15) is 24.0 Å². The van der Waals surface area contributed by atoms with Crippen molar-refractivity contribution in [3.8, 4) is 0 Å². The number of carbonyl (C=O) groups is 5. The van der Waals surface area contributed by atoms with Crippen LogP contribution in [0.5, 0.6) is 0 Å². The number of benzene rings is 1. The predicted octanol–water partition coefficient (Wildman–Crippen LogP) is -1.26. The Labute approximate surface area is 210 Å². The summed E-state index contributed by atoms with van der Waals surface area (Å²) in [5, 5.41) is 13.0. The van der Waals surface area contributed by atoms with Crippen molar-refractivity contribution >= 4 is 35.4 Å². The summed E-state index contributed by atoms with van der Waals surface area (Å²) >= 11 is 0. The first-order chi connectivity index (χ1) is 17.1. The standard InChI is InChI=1S/C23H37N7O6/c1-15(2)21(29-20(33)12-26-18(31)11-24)22(34)27-13-19(32)28-17-7-5-16(6-8-17)14-36-23(35)30(4)10-9-25-3/h5-8,15,21,25H,9-14,24H2,1-4H3,(H,26,31)(H,27,34)(H,28,32)(H,29,33). The lowest BCUT2D eigenvalue weighted by atomic mass is 10.0. The third-order valence-corrected chi connectivity index (χ3v) is 4.93. The molecule has 0 fully saturated rings. The Kier molecular flexibility index (Phi) is 13.5. The third kappa shape index (κ3) is 11.6. The van der Waals surface area contributed by atoms with E-state index < -0.39 is 35.8 Å². The van der Waals surface area contributed by atoms with Crippen LogP contribution in [-0.4, -0.2) is 87.5 Å². The highest BCUT2D eigenvalue weighted by molar-refractivity contribution is 5.96. The Hall–Kier alpha value is -3.71. The molecular weight excluding hydrogens is 470 g/mol. The molecule has 0 aliphatic carbocycles. The number of nitrogens with two attached hydrogens (primary N) is 1. The van der Waals surface area contributed by atoms with Crippen LogP contribution in [0.2, 0.25) is 0 Å². The van der Waals surface area contributed by atoms with Crippen molar-refractivity contribution in [1.29, 1.82) is 0 Å². The normalized spacial score (nSPS) is 11.3. The van der Waals surface area contributed by atoms with Crippen molar-refractivity contribution in [3.05, 3.63) is 29.8 Å². The molecule has 1 atom stereocenters. The summed E-state index contributed by atoms with van der Waals surface area (Å²) in [5.41, 5.74) is 6.41. The van der Waals surface area contributed by atoms with E-state index in [1.54, 1.807) is 52.2 Å². The summed E-state index contributed by atoms with van der Waals surface area (Å²) in [5.74, 6) is -2.29. The van der Waals surface area contributed by atoms with Gasteiger partial charge in [0.1, 0.15) is 12.6 Å². The second-order valence-corrected chi connectivity index (χ2v) is 8.31. The van der Waals surface area contributed by atoms with Gasteiger partial charge in [0.2, 0.25) is 23.6 Å². The van der Waals surface area contributed by atoms with Crippen LogP contribution in [0.3, 0.4) is 0 Å². The maximum Gasteiger partial charge on any atom is 0.409 e. The minimum atomic E-state index is -0.889. The van der Waals surface area contributed by atoms with E-state index in [0.717, 1.165) is 5.56 Å². The number of hydrogen-bond acceptors (Lipinski definition) is 8. The van der Waals surface area contributed by atoms with Gasteiger partial charge in [-0.15, -0.1) is 0 Å². The largest absolute Gasteiger partial charge is 0.445 e. The quantitative estimate of drug-likeness (QED) is 0.180. The Morgan fingerprint density at radius 2 is 1.61 bits per heavy atom. The molecule has 0 radical (unpaired) electrons.